The van der Waals surface area contributed by atoms with Gasteiger partial charge in [0.05, 0.1) is 12.3 Å². The number of hydrogen-bond donors (Lipinski definition) is 1. The first-order valence-corrected chi connectivity index (χ1v) is 6.21. The number of furan rings is 1. The van der Waals surface area contributed by atoms with E-state index in [4.69, 9.17) is 10.2 Å². The van der Waals surface area contributed by atoms with Crippen LogP contribution in [0, 0.1) is 5.92 Å². The zero-order chi connectivity index (χ0) is 11.5. The molecule has 0 spiro atoms. The van der Waals surface area contributed by atoms with Crippen LogP contribution in [0.3, 0.4) is 0 Å². The van der Waals surface area contributed by atoms with Crippen LogP contribution in [0.25, 0.3) is 0 Å². The van der Waals surface area contributed by atoms with Gasteiger partial charge in [-0.2, -0.15) is 0 Å². The second kappa shape index (κ2) is 5.02. The average Bonchev–Trinajstić information content (AvgIpc) is 2.95. The summed E-state index contributed by atoms with van der Waals surface area (Å²) < 4.78 is 5.51. The number of nitrogens with zero attached hydrogens (tertiary/aromatic N) is 1. The average molecular weight is 222 g/mol. The van der Waals surface area contributed by atoms with Crippen LogP contribution < -0.4 is 5.73 Å². The van der Waals surface area contributed by atoms with Gasteiger partial charge in [-0.3, -0.25) is 4.90 Å². The fraction of sp³-hybridized carbons (Fsp3) is 0.692. The minimum atomic E-state index is 0.255. The molecule has 0 radical (unpaired) electrons. The van der Waals surface area contributed by atoms with Crippen LogP contribution in [0.5, 0.6) is 0 Å². The maximum atomic E-state index is 5.90. The van der Waals surface area contributed by atoms with E-state index in [0.29, 0.717) is 12.5 Å². The summed E-state index contributed by atoms with van der Waals surface area (Å²) in [4.78, 5) is 2.52. The van der Waals surface area contributed by atoms with Crippen molar-refractivity contribution in [2.24, 2.45) is 11.7 Å². The molecule has 90 valence electrons. The molecule has 1 aliphatic carbocycles. The first-order valence-electron chi connectivity index (χ1n) is 6.21. The highest BCUT2D eigenvalue weighted by molar-refractivity contribution is 5.07. The van der Waals surface area contributed by atoms with E-state index in [0.717, 1.165) is 18.3 Å². The van der Waals surface area contributed by atoms with E-state index in [1.807, 2.05) is 12.1 Å². The van der Waals surface area contributed by atoms with E-state index in [9.17, 15) is 0 Å². The van der Waals surface area contributed by atoms with E-state index in [-0.39, 0.29) is 6.04 Å². The van der Waals surface area contributed by atoms with Crippen LogP contribution in [0.1, 0.15) is 38.5 Å². The normalized spacial score (nSPS) is 18.3. The third kappa shape index (κ3) is 2.66. The molecular formula is C13H22N2O. The highest BCUT2D eigenvalue weighted by Gasteiger charge is 2.35. The van der Waals surface area contributed by atoms with Crippen molar-refractivity contribution < 1.29 is 4.42 Å². The van der Waals surface area contributed by atoms with Crippen molar-refractivity contribution in [3.63, 3.8) is 0 Å². The summed E-state index contributed by atoms with van der Waals surface area (Å²) in [5.74, 6) is 1.68. The standard InChI is InChI=1S/C13H22N2O/c1-10(2)9-15(11-5-6-11)12(8-14)13-4-3-7-16-13/h3-4,7,10-12H,5-6,8-9,14H2,1-2H3. The predicted octanol–water partition coefficient (Wildman–Crippen LogP) is 2.40. The van der Waals surface area contributed by atoms with Crippen molar-refractivity contribution in [1.29, 1.82) is 0 Å². The van der Waals surface area contributed by atoms with Crippen LogP contribution >= 0.6 is 0 Å². The summed E-state index contributed by atoms with van der Waals surface area (Å²) in [6, 6.07) is 4.96. The second-order valence-corrected chi connectivity index (χ2v) is 5.09. The highest BCUT2D eigenvalue weighted by atomic mass is 16.3. The molecule has 1 fully saturated rings. The number of nitrogens with two attached hydrogens (primary N) is 1. The molecule has 1 aromatic rings. The maximum absolute atomic E-state index is 5.90. The molecule has 0 bridgehead atoms. The molecule has 1 saturated carbocycles. The van der Waals surface area contributed by atoms with Gasteiger partial charge in [-0.15, -0.1) is 0 Å². The molecule has 0 aromatic carbocycles. The lowest BCUT2D eigenvalue weighted by Crippen LogP contribution is -2.37. The topological polar surface area (TPSA) is 42.4 Å². The molecule has 1 unspecified atom stereocenters. The highest BCUT2D eigenvalue weighted by Crippen LogP contribution is 2.34. The van der Waals surface area contributed by atoms with Gasteiger partial charge in [-0.05, 0) is 30.9 Å². The molecule has 0 aliphatic heterocycles. The number of hydrogen-bond acceptors (Lipinski definition) is 3. The Labute approximate surface area is 97.6 Å². The molecule has 1 heterocycles. The van der Waals surface area contributed by atoms with Gasteiger partial charge in [0, 0.05) is 19.1 Å². The van der Waals surface area contributed by atoms with Crippen molar-refractivity contribution in [1.82, 2.24) is 4.90 Å². The summed E-state index contributed by atoms with van der Waals surface area (Å²) in [6.45, 7) is 6.25. The van der Waals surface area contributed by atoms with E-state index in [1.54, 1.807) is 6.26 Å². The van der Waals surface area contributed by atoms with E-state index in [1.165, 1.54) is 12.8 Å². The third-order valence-electron chi connectivity index (χ3n) is 3.09. The molecule has 2 N–H and O–H groups in total. The van der Waals surface area contributed by atoms with Gasteiger partial charge in [-0.25, -0.2) is 0 Å². The van der Waals surface area contributed by atoms with Gasteiger partial charge in [0.2, 0.25) is 0 Å². The Bertz CT molecular complexity index is 304. The van der Waals surface area contributed by atoms with Crippen LogP contribution in [0.2, 0.25) is 0 Å². The smallest absolute Gasteiger partial charge is 0.122 e. The van der Waals surface area contributed by atoms with Crippen LogP contribution in [-0.2, 0) is 0 Å². The fourth-order valence-corrected chi connectivity index (χ4v) is 2.25. The Hall–Kier alpha value is -0.800. The van der Waals surface area contributed by atoms with E-state index < -0.39 is 0 Å². The predicted molar refractivity (Wildman–Crippen MR) is 65.1 cm³/mol. The zero-order valence-corrected chi connectivity index (χ0v) is 10.2. The Kier molecular flexibility index (Phi) is 3.66. The molecule has 1 aliphatic rings. The van der Waals surface area contributed by atoms with Gasteiger partial charge in [0.25, 0.3) is 0 Å². The van der Waals surface area contributed by atoms with Gasteiger partial charge in [0.15, 0.2) is 0 Å². The monoisotopic (exact) mass is 222 g/mol. The minimum Gasteiger partial charge on any atom is -0.468 e. The van der Waals surface area contributed by atoms with Crippen molar-refractivity contribution in [2.75, 3.05) is 13.1 Å². The van der Waals surface area contributed by atoms with Crippen LogP contribution in [0.15, 0.2) is 22.8 Å². The van der Waals surface area contributed by atoms with E-state index >= 15 is 0 Å². The maximum Gasteiger partial charge on any atom is 0.122 e. The Balaban J connectivity index is 2.10. The Morgan fingerprint density at radius 3 is 2.69 bits per heavy atom. The Morgan fingerprint density at radius 1 is 1.50 bits per heavy atom. The van der Waals surface area contributed by atoms with E-state index in [2.05, 4.69) is 18.7 Å². The lowest BCUT2D eigenvalue weighted by Gasteiger charge is -2.31. The molecular weight excluding hydrogens is 200 g/mol. The van der Waals surface area contributed by atoms with Crippen molar-refractivity contribution in [2.45, 2.75) is 38.8 Å². The summed E-state index contributed by atoms with van der Waals surface area (Å²) in [7, 11) is 0. The zero-order valence-electron chi connectivity index (χ0n) is 10.2. The first-order chi connectivity index (χ1) is 7.72. The van der Waals surface area contributed by atoms with Gasteiger partial charge >= 0.3 is 0 Å². The molecule has 0 amide bonds. The molecule has 0 saturated heterocycles. The third-order valence-corrected chi connectivity index (χ3v) is 3.09. The lowest BCUT2D eigenvalue weighted by atomic mass is 10.1. The van der Waals surface area contributed by atoms with Crippen molar-refractivity contribution in [3.05, 3.63) is 24.2 Å². The first kappa shape index (κ1) is 11.7. The van der Waals surface area contributed by atoms with Crippen LogP contribution in [0.4, 0.5) is 0 Å². The van der Waals surface area contributed by atoms with Gasteiger partial charge in [-0.1, -0.05) is 13.8 Å². The largest absolute Gasteiger partial charge is 0.468 e. The second-order valence-electron chi connectivity index (χ2n) is 5.09. The van der Waals surface area contributed by atoms with Crippen LogP contribution in [-0.4, -0.2) is 24.0 Å². The van der Waals surface area contributed by atoms with Crippen molar-refractivity contribution >= 4 is 0 Å². The Morgan fingerprint density at radius 2 is 2.25 bits per heavy atom. The molecule has 3 heteroatoms. The summed E-state index contributed by atoms with van der Waals surface area (Å²) in [5, 5.41) is 0. The molecule has 16 heavy (non-hydrogen) atoms. The molecule has 1 aromatic heterocycles. The van der Waals surface area contributed by atoms with Gasteiger partial charge in [0.1, 0.15) is 5.76 Å². The lowest BCUT2D eigenvalue weighted by molar-refractivity contribution is 0.151. The van der Waals surface area contributed by atoms with Gasteiger partial charge < -0.3 is 10.2 Å². The molecule has 1 atom stereocenters. The number of rotatable bonds is 6. The molecule has 3 nitrogen and oxygen atoms in total. The van der Waals surface area contributed by atoms with Crippen molar-refractivity contribution in [3.8, 4) is 0 Å². The summed E-state index contributed by atoms with van der Waals surface area (Å²) in [6.07, 6.45) is 4.35. The summed E-state index contributed by atoms with van der Waals surface area (Å²) in [5.41, 5.74) is 5.90. The quantitative estimate of drug-likeness (QED) is 0.803. The minimum absolute atomic E-state index is 0.255. The fourth-order valence-electron chi connectivity index (χ4n) is 2.25. The molecule has 2 rings (SSSR count). The summed E-state index contributed by atoms with van der Waals surface area (Å²) >= 11 is 0. The SMILES string of the molecule is CC(C)CN(C1CC1)C(CN)c1ccco1.